The average Bonchev–Trinajstić information content (AvgIpc) is 3.38. The van der Waals surface area contributed by atoms with Gasteiger partial charge in [0.25, 0.3) is 0 Å². The van der Waals surface area contributed by atoms with E-state index in [-0.39, 0.29) is 55.0 Å². The monoisotopic (exact) mass is 518 g/mol. The zero-order valence-electron chi connectivity index (χ0n) is 20.5. The Bertz CT molecular complexity index is 1200. The van der Waals surface area contributed by atoms with Gasteiger partial charge in [0, 0.05) is 38.1 Å². The Morgan fingerprint density at radius 3 is 2.38 bits per heavy atom. The lowest BCUT2D eigenvalue weighted by atomic mass is 9.91. The molecule has 0 spiro atoms. The first-order valence-electron chi connectivity index (χ1n) is 12.4. The van der Waals surface area contributed by atoms with Crippen molar-refractivity contribution in [1.82, 2.24) is 30.4 Å². The summed E-state index contributed by atoms with van der Waals surface area (Å²) in [6.45, 7) is 5.23. The minimum atomic E-state index is -4.64. The van der Waals surface area contributed by atoms with Crippen molar-refractivity contribution < 1.29 is 22.8 Å². The summed E-state index contributed by atoms with van der Waals surface area (Å²) in [5.74, 6) is -0.327. The van der Waals surface area contributed by atoms with Gasteiger partial charge in [-0.15, -0.1) is 0 Å². The Morgan fingerprint density at radius 2 is 1.70 bits per heavy atom. The van der Waals surface area contributed by atoms with Gasteiger partial charge in [-0.3, -0.25) is 0 Å². The van der Waals surface area contributed by atoms with Crippen LogP contribution < -0.4 is 21.3 Å². The fraction of sp³-hybridized carbons (Fsp3) is 0.500. The Balaban J connectivity index is 1.33. The third-order valence-corrected chi connectivity index (χ3v) is 6.94. The summed E-state index contributed by atoms with van der Waals surface area (Å²) in [6.07, 6.45) is -2.13. The number of benzene rings is 1. The maximum atomic E-state index is 13.6. The number of nitrogens with one attached hydrogen (secondary N) is 4. The largest absolute Gasteiger partial charge is 0.421 e. The number of rotatable bonds is 6. The number of hydrogen-bond acceptors (Lipinski definition) is 6. The molecular weight excluding hydrogens is 489 g/mol. The summed E-state index contributed by atoms with van der Waals surface area (Å²) in [6, 6.07) is 4.96. The molecule has 2 unspecified atom stereocenters. The lowest BCUT2D eigenvalue weighted by Gasteiger charge is -2.39. The predicted molar refractivity (Wildman–Crippen MR) is 130 cm³/mol. The number of alkyl halides is 3. The summed E-state index contributed by atoms with van der Waals surface area (Å²) < 4.78 is 40.9. The third kappa shape index (κ3) is 4.69. The molecule has 2 saturated heterocycles. The number of fused-ring (bicyclic) bond motifs is 5. The average molecular weight is 519 g/mol. The number of likely N-dealkylation sites (tertiary alicyclic amines) is 1. The van der Waals surface area contributed by atoms with Gasteiger partial charge >= 0.3 is 18.2 Å². The fourth-order valence-electron chi connectivity index (χ4n) is 5.27. The number of halogens is 3. The van der Waals surface area contributed by atoms with Gasteiger partial charge in [0.15, 0.2) is 0 Å². The standard InChI is InChI=1S/C24H29F3N8O2/c1-3-28-22(36)34-11-14(12-34)31-20-17(24(25,26)27)10-30-21(33-20)32-13-5-6-15-16(9-13)19-8-7-18(15)35(19)23(37)29-4-2/h5-6,9-10,14,18-19H,3-4,7-8,11-12H2,1-2H3,(H,28,36)(H,29,37)(H2,30,31,32,33). The lowest BCUT2D eigenvalue weighted by molar-refractivity contribution is -0.137. The van der Waals surface area contributed by atoms with Crippen LogP contribution >= 0.6 is 0 Å². The highest BCUT2D eigenvalue weighted by atomic mass is 19.4. The minimum Gasteiger partial charge on any atom is -0.363 e. The van der Waals surface area contributed by atoms with Crippen molar-refractivity contribution in [3.8, 4) is 0 Å². The van der Waals surface area contributed by atoms with Crippen LogP contribution in [0.1, 0.15) is 55.5 Å². The van der Waals surface area contributed by atoms with E-state index in [0.29, 0.717) is 18.8 Å². The van der Waals surface area contributed by atoms with Crippen LogP contribution in [0.2, 0.25) is 0 Å². The molecule has 2 aromatic rings. The van der Waals surface area contributed by atoms with Crippen LogP contribution in [0.25, 0.3) is 0 Å². The van der Waals surface area contributed by atoms with Crippen LogP contribution in [0.15, 0.2) is 24.4 Å². The summed E-state index contributed by atoms with van der Waals surface area (Å²) in [5, 5.41) is 11.4. The van der Waals surface area contributed by atoms with Crippen LogP contribution in [-0.2, 0) is 6.18 Å². The van der Waals surface area contributed by atoms with E-state index < -0.39 is 11.7 Å². The molecule has 0 radical (unpaired) electrons. The molecule has 2 bridgehead atoms. The molecule has 2 atom stereocenters. The molecule has 198 valence electrons. The van der Waals surface area contributed by atoms with E-state index in [0.717, 1.165) is 30.2 Å². The van der Waals surface area contributed by atoms with Crippen LogP contribution in [0.5, 0.6) is 0 Å². The first-order valence-corrected chi connectivity index (χ1v) is 12.4. The highest BCUT2D eigenvalue weighted by molar-refractivity contribution is 5.78. The molecule has 13 heteroatoms. The molecule has 5 rings (SSSR count). The van der Waals surface area contributed by atoms with Gasteiger partial charge in [-0.2, -0.15) is 18.2 Å². The summed E-state index contributed by atoms with van der Waals surface area (Å²) in [4.78, 5) is 35.8. The SMILES string of the molecule is CCNC(=O)N1CC(Nc2nc(Nc3ccc4c(c3)C3CCC4N3C(=O)NCC)ncc2C(F)(F)F)C1. The molecular formula is C24H29F3N8O2. The molecule has 1 aromatic heterocycles. The second kappa shape index (κ2) is 9.60. The molecule has 10 nitrogen and oxygen atoms in total. The van der Waals surface area contributed by atoms with E-state index in [2.05, 4.69) is 31.2 Å². The number of anilines is 3. The molecule has 0 saturated carbocycles. The van der Waals surface area contributed by atoms with Gasteiger partial charge in [-0.05, 0) is 49.9 Å². The lowest BCUT2D eigenvalue weighted by Crippen LogP contribution is -2.59. The van der Waals surface area contributed by atoms with Gasteiger partial charge in [0.05, 0.1) is 18.1 Å². The number of amides is 4. The van der Waals surface area contributed by atoms with Gasteiger partial charge in [-0.1, -0.05) is 6.07 Å². The number of aromatic nitrogens is 2. The van der Waals surface area contributed by atoms with Crippen molar-refractivity contribution in [2.24, 2.45) is 0 Å². The van der Waals surface area contributed by atoms with Crippen molar-refractivity contribution in [2.45, 2.75) is 51.0 Å². The van der Waals surface area contributed by atoms with Crippen molar-refractivity contribution in [3.05, 3.63) is 41.1 Å². The van der Waals surface area contributed by atoms with Crippen molar-refractivity contribution in [1.29, 1.82) is 0 Å². The summed E-state index contributed by atoms with van der Waals surface area (Å²) >= 11 is 0. The molecule has 4 N–H and O–H groups in total. The van der Waals surface area contributed by atoms with E-state index in [1.165, 1.54) is 4.90 Å². The van der Waals surface area contributed by atoms with E-state index in [1.54, 1.807) is 6.92 Å². The van der Waals surface area contributed by atoms with Crippen LogP contribution in [0.3, 0.4) is 0 Å². The first-order chi connectivity index (χ1) is 17.7. The molecule has 3 aliphatic heterocycles. The van der Waals surface area contributed by atoms with Gasteiger partial charge in [0.2, 0.25) is 5.95 Å². The third-order valence-electron chi connectivity index (χ3n) is 6.94. The topological polar surface area (TPSA) is 115 Å². The minimum absolute atomic E-state index is 0.0131. The zero-order valence-corrected chi connectivity index (χ0v) is 20.5. The first kappa shape index (κ1) is 24.9. The second-order valence-corrected chi connectivity index (χ2v) is 9.36. The summed E-state index contributed by atoms with van der Waals surface area (Å²) in [5.41, 5.74) is 1.76. The molecule has 0 aliphatic carbocycles. The highest BCUT2D eigenvalue weighted by Crippen LogP contribution is 2.53. The molecule has 1 aromatic carbocycles. The van der Waals surface area contributed by atoms with Crippen molar-refractivity contribution >= 4 is 29.5 Å². The normalized spacial score (nSPS) is 20.4. The van der Waals surface area contributed by atoms with E-state index >= 15 is 0 Å². The van der Waals surface area contributed by atoms with Gasteiger partial charge in [-0.25, -0.2) is 14.6 Å². The Kier molecular flexibility index (Phi) is 6.46. The predicted octanol–water partition coefficient (Wildman–Crippen LogP) is 3.99. The maximum Gasteiger partial charge on any atom is 0.421 e. The van der Waals surface area contributed by atoms with Crippen molar-refractivity contribution in [3.63, 3.8) is 0 Å². The van der Waals surface area contributed by atoms with E-state index in [4.69, 9.17) is 0 Å². The van der Waals surface area contributed by atoms with Crippen LogP contribution in [0.4, 0.5) is 40.2 Å². The Hall–Kier alpha value is -3.77. The van der Waals surface area contributed by atoms with Crippen LogP contribution in [0, 0.1) is 0 Å². The fourth-order valence-corrected chi connectivity index (χ4v) is 5.27. The molecule has 3 aliphatic rings. The Morgan fingerprint density at radius 1 is 1.03 bits per heavy atom. The summed E-state index contributed by atoms with van der Waals surface area (Å²) in [7, 11) is 0. The van der Waals surface area contributed by atoms with E-state index in [1.807, 2.05) is 30.0 Å². The smallest absolute Gasteiger partial charge is 0.363 e. The highest BCUT2D eigenvalue weighted by Gasteiger charge is 2.46. The van der Waals surface area contributed by atoms with Crippen LogP contribution in [-0.4, -0.2) is 64.1 Å². The zero-order chi connectivity index (χ0) is 26.3. The number of urea groups is 2. The molecule has 2 fully saturated rings. The number of hydrogen-bond donors (Lipinski definition) is 4. The Labute approximate surface area is 212 Å². The van der Waals surface area contributed by atoms with Gasteiger partial charge < -0.3 is 31.1 Å². The molecule has 4 amide bonds. The molecule has 4 heterocycles. The number of carbonyl (C=O) groups is 2. The number of carbonyl (C=O) groups excluding carboxylic acids is 2. The van der Waals surface area contributed by atoms with Gasteiger partial charge in [0.1, 0.15) is 11.4 Å². The number of nitrogens with zero attached hydrogens (tertiary/aromatic N) is 4. The second-order valence-electron chi connectivity index (χ2n) is 9.36. The van der Waals surface area contributed by atoms with E-state index in [9.17, 15) is 22.8 Å². The maximum absolute atomic E-state index is 13.6. The van der Waals surface area contributed by atoms with Crippen molar-refractivity contribution in [2.75, 3.05) is 36.8 Å². The quantitative estimate of drug-likeness (QED) is 0.460. The molecule has 37 heavy (non-hydrogen) atoms.